The van der Waals surface area contributed by atoms with Crippen LogP contribution in [0.5, 0.6) is 0 Å². The number of nitrogens with two attached hydrogens (primary N) is 1. The van der Waals surface area contributed by atoms with Gasteiger partial charge in [0.05, 0.1) is 15.9 Å². The molecule has 2 aromatic rings. The van der Waals surface area contributed by atoms with Crippen molar-refractivity contribution in [2.75, 3.05) is 11.5 Å². The van der Waals surface area contributed by atoms with Crippen LogP contribution in [0.25, 0.3) is 10.2 Å². The van der Waals surface area contributed by atoms with E-state index in [1.165, 1.54) is 0 Å². The lowest BCUT2D eigenvalue weighted by Crippen LogP contribution is -1.90. The summed E-state index contributed by atoms with van der Waals surface area (Å²) in [5.74, 6) is 0.875. The number of anilines is 1. The Morgan fingerprint density at radius 3 is 3.21 bits per heavy atom. The number of rotatable bonds is 3. The summed E-state index contributed by atoms with van der Waals surface area (Å²) in [6, 6.07) is 4.11. The lowest BCUT2D eigenvalue weighted by Gasteiger charge is -2.03. The first-order chi connectivity index (χ1) is 6.83. The molecule has 0 saturated carbocycles. The maximum Gasteiger partial charge on any atom is 0.105 e. The molecule has 0 amide bonds. The van der Waals surface area contributed by atoms with Crippen molar-refractivity contribution in [3.8, 4) is 0 Å². The highest BCUT2D eigenvalue weighted by Crippen LogP contribution is 2.32. The fraction of sp³-hybridized carbons (Fsp3) is 0.100. The van der Waals surface area contributed by atoms with Crippen molar-refractivity contribution < 1.29 is 0 Å². The van der Waals surface area contributed by atoms with E-state index in [0.717, 1.165) is 26.6 Å². The molecule has 1 aromatic heterocycles. The minimum absolute atomic E-state index is 0.788. The van der Waals surface area contributed by atoms with Crippen molar-refractivity contribution in [2.45, 2.75) is 4.90 Å². The maximum absolute atomic E-state index is 5.99. The van der Waals surface area contributed by atoms with Crippen LogP contribution in [0.2, 0.25) is 0 Å². The summed E-state index contributed by atoms with van der Waals surface area (Å²) in [5.41, 5.74) is 9.52. The van der Waals surface area contributed by atoms with Crippen molar-refractivity contribution in [3.63, 3.8) is 0 Å². The maximum atomic E-state index is 5.99. The third-order valence-corrected chi connectivity index (χ3v) is 3.72. The molecule has 72 valence electrons. The molecule has 0 radical (unpaired) electrons. The zero-order valence-corrected chi connectivity index (χ0v) is 9.20. The van der Waals surface area contributed by atoms with Gasteiger partial charge in [-0.15, -0.1) is 29.7 Å². The van der Waals surface area contributed by atoms with E-state index in [1.54, 1.807) is 23.1 Å². The highest BCUT2D eigenvalue weighted by atomic mass is 32.2. The van der Waals surface area contributed by atoms with Gasteiger partial charge in [-0.3, -0.25) is 0 Å². The van der Waals surface area contributed by atoms with Crippen LogP contribution < -0.4 is 5.73 Å². The van der Waals surface area contributed by atoms with Crippen LogP contribution in [0.1, 0.15) is 0 Å². The average molecular weight is 222 g/mol. The molecule has 0 aliphatic carbocycles. The number of thiazole rings is 1. The van der Waals surface area contributed by atoms with E-state index < -0.39 is 0 Å². The van der Waals surface area contributed by atoms with Gasteiger partial charge < -0.3 is 5.73 Å². The Hall–Kier alpha value is -1.00. The minimum atomic E-state index is 0.788. The summed E-state index contributed by atoms with van der Waals surface area (Å²) in [5, 5.41) is 0. The topological polar surface area (TPSA) is 38.9 Å². The fourth-order valence-electron chi connectivity index (χ4n) is 1.21. The van der Waals surface area contributed by atoms with E-state index in [9.17, 15) is 0 Å². The summed E-state index contributed by atoms with van der Waals surface area (Å²) in [7, 11) is 0. The number of nitrogen functional groups attached to an aromatic ring is 1. The van der Waals surface area contributed by atoms with Gasteiger partial charge in [0.2, 0.25) is 0 Å². The smallest absolute Gasteiger partial charge is 0.105 e. The molecule has 1 heterocycles. The Kier molecular flexibility index (Phi) is 2.74. The Bertz CT molecular complexity index is 462. The summed E-state index contributed by atoms with van der Waals surface area (Å²) in [4.78, 5) is 5.33. The Labute approximate surface area is 90.8 Å². The van der Waals surface area contributed by atoms with E-state index in [2.05, 4.69) is 17.6 Å². The minimum Gasteiger partial charge on any atom is -0.396 e. The van der Waals surface area contributed by atoms with Crippen LogP contribution in [0.15, 0.2) is 35.2 Å². The van der Waals surface area contributed by atoms with Crippen LogP contribution >= 0.6 is 23.1 Å². The Morgan fingerprint density at radius 1 is 1.57 bits per heavy atom. The van der Waals surface area contributed by atoms with Crippen molar-refractivity contribution >= 4 is 39.0 Å². The zero-order valence-electron chi connectivity index (χ0n) is 7.56. The summed E-state index contributed by atoms with van der Waals surface area (Å²) >= 11 is 3.30. The van der Waals surface area contributed by atoms with Gasteiger partial charge in [-0.2, -0.15) is 0 Å². The van der Waals surface area contributed by atoms with Gasteiger partial charge in [0.15, 0.2) is 0 Å². The molecule has 0 fully saturated rings. The van der Waals surface area contributed by atoms with Crippen molar-refractivity contribution in [2.24, 2.45) is 0 Å². The first kappa shape index (κ1) is 9.55. The number of thioether (sulfide) groups is 1. The van der Waals surface area contributed by atoms with Crippen molar-refractivity contribution in [1.29, 1.82) is 0 Å². The Balaban J connectivity index is 2.45. The predicted octanol–water partition coefficient (Wildman–Crippen LogP) is 3.16. The third-order valence-electron chi connectivity index (χ3n) is 1.86. The number of fused-ring (bicyclic) bond motifs is 1. The van der Waals surface area contributed by atoms with Gasteiger partial charge in [0.1, 0.15) is 5.52 Å². The first-order valence-electron chi connectivity index (χ1n) is 4.18. The normalized spacial score (nSPS) is 10.6. The van der Waals surface area contributed by atoms with Crippen LogP contribution in [-0.2, 0) is 0 Å². The molecule has 2 rings (SSSR count). The molecule has 2 nitrogen and oxygen atoms in total. The second kappa shape index (κ2) is 4.02. The Morgan fingerprint density at radius 2 is 2.43 bits per heavy atom. The lowest BCUT2D eigenvalue weighted by molar-refractivity contribution is 1.44. The van der Waals surface area contributed by atoms with Crippen LogP contribution in [0.4, 0.5) is 5.69 Å². The fourth-order valence-corrected chi connectivity index (χ4v) is 2.61. The van der Waals surface area contributed by atoms with Gasteiger partial charge in [0.25, 0.3) is 0 Å². The second-order valence-corrected chi connectivity index (χ2v) is 4.72. The SMILES string of the molecule is C=CCSc1ccc2scnc2c1N. The third kappa shape index (κ3) is 1.63. The van der Waals surface area contributed by atoms with E-state index in [1.807, 2.05) is 17.7 Å². The molecule has 0 aliphatic rings. The second-order valence-electron chi connectivity index (χ2n) is 2.78. The molecule has 1 aromatic carbocycles. The number of hydrogen-bond acceptors (Lipinski definition) is 4. The molecule has 0 spiro atoms. The van der Waals surface area contributed by atoms with Gasteiger partial charge in [-0.05, 0) is 12.1 Å². The molecule has 14 heavy (non-hydrogen) atoms. The van der Waals surface area contributed by atoms with Crippen LogP contribution in [0, 0.1) is 0 Å². The quantitative estimate of drug-likeness (QED) is 0.492. The highest BCUT2D eigenvalue weighted by molar-refractivity contribution is 7.99. The van der Waals surface area contributed by atoms with E-state index in [4.69, 9.17) is 5.73 Å². The number of nitrogens with zero attached hydrogens (tertiary/aromatic N) is 1. The molecule has 0 atom stereocenters. The van der Waals surface area contributed by atoms with Gasteiger partial charge in [0, 0.05) is 10.6 Å². The molecule has 2 N–H and O–H groups in total. The molecule has 0 aliphatic heterocycles. The molecular formula is C10H10N2S2. The number of benzene rings is 1. The van der Waals surface area contributed by atoms with Crippen molar-refractivity contribution in [1.82, 2.24) is 4.98 Å². The number of aromatic nitrogens is 1. The zero-order chi connectivity index (χ0) is 9.97. The standard InChI is InChI=1S/C10H10N2S2/c1-2-5-13-7-3-4-8-10(9(7)11)12-6-14-8/h2-4,6H,1,5,11H2. The van der Waals surface area contributed by atoms with Gasteiger partial charge in [-0.1, -0.05) is 6.08 Å². The summed E-state index contributed by atoms with van der Waals surface area (Å²) in [6.45, 7) is 3.68. The molecule has 0 bridgehead atoms. The number of hydrogen-bond donors (Lipinski definition) is 1. The first-order valence-corrected chi connectivity index (χ1v) is 6.05. The summed E-state index contributed by atoms with van der Waals surface area (Å²) in [6.07, 6.45) is 1.87. The largest absolute Gasteiger partial charge is 0.396 e. The summed E-state index contributed by atoms with van der Waals surface area (Å²) < 4.78 is 1.14. The molecule has 0 saturated heterocycles. The molecular weight excluding hydrogens is 212 g/mol. The van der Waals surface area contributed by atoms with Gasteiger partial charge >= 0.3 is 0 Å². The van der Waals surface area contributed by atoms with Crippen LogP contribution in [-0.4, -0.2) is 10.7 Å². The highest BCUT2D eigenvalue weighted by Gasteiger charge is 2.05. The van der Waals surface area contributed by atoms with E-state index in [0.29, 0.717) is 0 Å². The van der Waals surface area contributed by atoms with Crippen LogP contribution in [0.3, 0.4) is 0 Å². The lowest BCUT2D eigenvalue weighted by atomic mass is 10.3. The van der Waals surface area contributed by atoms with Gasteiger partial charge in [-0.25, -0.2) is 4.98 Å². The molecule has 0 unspecified atom stereocenters. The monoisotopic (exact) mass is 222 g/mol. The molecule has 4 heteroatoms. The van der Waals surface area contributed by atoms with Crippen molar-refractivity contribution in [3.05, 3.63) is 30.3 Å². The van der Waals surface area contributed by atoms with E-state index >= 15 is 0 Å². The predicted molar refractivity (Wildman–Crippen MR) is 65.0 cm³/mol. The average Bonchev–Trinajstić information content (AvgIpc) is 2.66. The van der Waals surface area contributed by atoms with E-state index in [-0.39, 0.29) is 0 Å².